The van der Waals surface area contributed by atoms with Crippen molar-refractivity contribution in [3.05, 3.63) is 0 Å². The molecule has 0 aliphatic heterocycles. The van der Waals surface area contributed by atoms with Crippen molar-refractivity contribution in [3.63, 3.8) is 0 Å². The number of hydrogen-bond donors (Lipinski definition) is 3. The average Bonchev–Trinajstić information content (AvgIpc) is 3.44. The summed E-state index contributed by atoms with van der Waals surface area (Å²) in [5, 5.41) is 31.1. The maximum absolute atomic E-state index is 12.0. The minimum Gasteiger partial charge on any atom is -0.466 e. The molecule has 0 aromatic rings. The molecule has 2 aliphatic carbocycles. The third kappa shape index (κ3) is 10.6. The van der Waals surface area contributed by atoms with E-state index >= 15 is 0 Å². The maximum atomic E-state index is 12.0. The zero-order valence-corrected chi connectivity index (χ0v) is 22.4. The predicted octanol–water partition coefficient (Wildman–Crippen LogP) is -0.863. The number of esters is 2. The fourth-order valence-corrected chi connectivity index (χ4v) is 5.09. The monoisotopic (exact) mass is 558 g/mol. The molecule has 15 heteroatoms. The Balaban J connectivity index is 0.000000389. The first-order chi connectivity index (χ1) is 17.9. The Morgan fingerprint density at radius 2 is 1.21 bits per heavy atom. The summed E-state index contributed by atoms with van der Waals surface area (Å²) < 4.78 is 36.9. The van der Waals surface area contributed by atoms with E-state index < -0.39 is 63.8 Å². The highest BCUT2D eigenvalue weighted by atomic mass is 32.2. The molecule has 0 spiro atoms. The Kier molecular flexibility index (Phi) is 13.7. The molecule has 2 aliphatic rings. The van der Waals surface area contributed by atoms with Gasteiger partial charge in [0.1, 0.15) is 13.1 Å². The summed E-state index contributed by atoms with van der Waals surface area (Å²) in [5.41, 5.74) is 0. The van der Waals surface area contributed by atoms with E-state index in [2.05, 4.69) is 10.6 Å². The van der Waals surface area contributed by atoms with Crippen LogP contribution in [0, 0.1) is 46.3 Å². The van der Waals surface area contributed by atoms with Gasteiger partial charge in [-0.15, -0.1) is 0 Å². The molecule has 2 fully saturated rings. The van der Waals surface area contributed by atoms with Gasteiger partial charge in [-0.2, -0.15) is 18.9 Å². The molecule has 212 valence electrons. The zero-order chi connectivity index (χ0) is 28.9. The normalized spacial score (nSPS) is 26.1. The zero-order valence-electron chi connectivity index (χ0n) is 21.5. The van der Waals surface area contributed by atoms with Crippen LogP contribution in [0.15, 0.2) is 0 Å². The molecule has 0 saturated heterocycles. The second-order valence-electron chi connectivity index (χ2n) is 8.70. The standard InChI is InChI=1S/C12H18N2O6S.C11H16N2O4/c1-3-19-12(16)10-7-8(20-21(2,17)18)6-9(10)11(15)14-5-4-13;1-2-17-11(16)9-6-7(14)5-8(9)10(15)13-4-3-12/h8-10H,3,5-7H2,1-2H3,(H,14,15);7-9,14H,2,4-6H2,1H3,(H,13,15)/t8-,9+,10+;7-,8+,9+/m00/s1. The Hall–Kier alpha value is -3.27. The smallest absolute Gasteiger partial charge is 0.309 e. The third-order valence-electron chi connectivity index (χ3n) is 5.90. The molecule has 2 saturated carbocycles. The Labute approximate surface area is 221 Å². The van der Waals surface area contributed by atoms with Crippen LogP contribution in [0.2, 0.25) is 0 Å². The minimum absolute atomic E-state index is 0.0911. The van der Waals surface area contributed by atoms with E-state index in [0.29, 0.717) is 0 Å². The lowest BCUT2D eigenvalue weighted by Gasteiger charge is -2.16. The van der Waals surface area contributed by atoms with Gasteiger partial charge in [-0.3, -0.25) is 23.4 Å². The molecule has 0 unspecified atom stereocenters. The second-order valence-corrected chi connectivity index (χ2v) is 10.3. The third-order valence-corrected chi connectivity index (χ3v) is 6.53. The number of aliphatic hydroxyl groups excluding tert-OH is 1. The number of aliphatic hydroxyl groups is 1. The fourth-order valence-electron chi connectivity index (χ4n) is 4.44. The highest BCUT2D eigenvalue weighted by Crippen LogP contribution is 2.36. The first-order valence-electron chi connectivity index (χ1n) is 12.1. The van der Waals surface area contributed by atoms with Gasteiger partial charge < -0.3 is 25.2 Å². The van der Waals surface area contributed by atoms with Crippen molar-refractivity contribution in [2.24, 2.45) is 23.7 Å². The van der Waals surface area contributed by atoms with Gasteiger partial charge in [-0.05, 0) is 39.5 Å². The number of carbonyl (C=O) groups is 4. The topological polar surface area (TPSA) is 222 Å². The van der Waals surface area contributed by atoms with E-state index in [1.807, 2.05) is 0 Å². The summed E-state index contributed by atoms with van der Waals surface area (Å²) >= 11 is 0. The molecule has 6 atom stereocenters. The fraction of sp³-hybridized carbons (Fsp3) is 0.739. The van der Waals surface area contributed by atoms with Gasteiger partial charge in [0.25, 0.3) is 10.1 Å². The Morgan fingerprint density at radius 1 is 0.816 bits per heavy atom. The van der Waals surface area contributed by atoms with Crippen LogP contribution in [0.4, 0.5) is 0 Å². The van der Waals surface area contributed by atoms with Gasteiger partial charge in [0, 0.05) is 0 Å². The van der Waals surface area contributed by atoms with Gasteiger partial charge >= 0.3 is 11.9 Å². The van der Waals surface area contributed by atoms with Crippen LogP contribution in [-0.2, 0) is 43.0 Å². The molecule has 0 aromatic heterocycles. The number of nitrogens with one attached hydrogen (secondary N) is 2. The van der Waals surface area contributed by atoms with Crippen molar-refractivity contribution in [1.29, 1.82) is 10.5 Å². The molecule has 2 amide bonds. The summed E-state index contributed by atoms with van der Waals surface area (Å²) in [6.07, 6.45) is 0.166. The van der Waals surface area contributed by atoms with Crippen LogP contribution in [-0.4, -0.2) is 82.0 Å². The number of ether oxygens (including phenoxy) is 2. The van der Waals surface area contributed by atoms with E-state index in [-0.39, 0.29) is 57.9 Å². The highest BCUT2D eigenvalue weighted by Gasteiger charge is 2.45. The molecule has 0 bridgehead atoms. The van der Waals surface area contributed by atoms with Crippen molar-refractivity contribution in [1.82, 2.24) is 10.6 Å². The number of carbonyl (C=O) groups excluding carboxylic acids is 4. The lowest BCUT2D eigenvalue weighted by atomic mass is 9.95. The summed E-state index contributed by atoms with van der Waals surface area (Å²) in [5.74, 6) is -4.61. The van der Waals surface area contributed by atoms with Crippen LogP contribution < -0.4 is 10.6 Å². The van der Waals surface area contributed by atoms with E-state index in [0.717, 1.165) is 6.26 Å². The van der Waals surface area contributed by atoms with Crippen molar-refractivity contribution in [2.75, 3.05) is 32.6 Å². The lowest BCUT2D eigenvalue weighted by molar-refractivity contribution is -0.152. The molecule has 3 N–H and O–H groups in total. The first-order valence-corrected chi connectivity index (χ1v) is 13.9. The number of nitrogens with zero attached hydrogens (tertiary/aromatic N) is 2. The van der Waals surface area contributed by atoms with E-state index in [4.69, 9.17) is 24.2 Å². The summed E-state index contributed by atoms with van der Waals surface area (Å²) in [6.45, 7) is 3.47. The SMILES string of the molecule is CCOC(=O)[C@@H]1C[C@@H](O)C[C@H]1C(=O)NCC#N.CCOC(=O)[C@@H]1C[C@@H](OS(C)(=O)=O)C[C@H]1C(=O)NCC#N. The largest absolute Gasteiger partial charge is 0.466 e. The summed E-state index contributed by atoms with van der Waals surface area (Å²) in [6, 6.07) is 3.56. The van der Waals surface area contributed by atoms with E-state index in [1.165, 1.54) is 0 Å². The molecule has 2 rings (SSSR count). The van der Waals surface area contributed by atoms with Gasteiger partial charge in [-0.25, -0.2) is 0 Å². The van der Waals surface area contributed by atoms with Gasteiger partial charge in [0.15, 0.2) is 0 Å². The van der Waals surface area contributed by atoms with Crippen LogP contribution in [0.5, 0.6) is 0 Å². The van der Waals surface area contributed by atoms with Gasteiger partial charge in [0.05, 0.1) is 67.5 Å². The number of nitriles is 2. The summed E-state index contributed by atoms with van der Waals surface area (Å²) in [7, 11) is -3.67. The maximum Gasteiger partial charge on any atom is 0.309 e. The molecular formula is C23H34N4O10S. The molecular weight excluding hydrogens is 524 g/mol. The van der Waals surface area contributed by atoms with Crippen molar-refractivity contribution in [3.8, 4) is 12.1 Å². The first kappa shape index (κ1) is 32.8. The molecule has 38 heavy (non-hydrogen) atoms. The molecule has 0 heterocycles. The Morgan fingerprint density at radius 3 is 1.63 bits per heavy atom. The van der Waals surface area contributed by atoms with Gasteiger partial charge in [-0.1, -0.05) is 0 Å². The van der Waals surface area contributed by atoms with Crippen molar-refractivity contribution in [2.45, 2.75) is 51.7 Å². The Bertz CT molecular complexity index is 1040. The predicted molar refractivity (Wildman–Crippen MR) is 129 cm³/mol. The molecule has 0 aromatic carbocycles. The van der Waals surface area contributed by atoms with E-state index in [1.54, 1.807) is 26.0 Å². The second kappa shape index (κ2) is 15.9. The average molecular weight is 559 g/mol. The van der Waals surface area contributed by atoms with Crippen molar-refractivity contribution < 1.29 is 46.4 Å². The number of rotatable bonds is 10. The number of amides is 2. The van der Waals surface area contributed by atoms with Crippen LogP contribution in [0.3, 0.4) is 0 Å². The molecule has 0 radical (unpaired) electrons. The van der Waals surface area contributed by atoms with Crippen molar-refractivity contribution >= 4 is 33.9 Å². The van der Waals surface area contributed by atoms with Crippen LogP contribution >= 0.6 is 0 Å². The minimum atomic E-state index is -3.67. The van der Waals surface area contributed by atoms with E-state index in [9.17, 15) is 32.7 Å². The van der Waals surface area contributed by atoms with Gasteiger partial charge in [0.2, 0.25) is 11.8 Å². The number of hydrogen-bond acceptors (Lipinski definition) is 12. The summed E-state index contributed by atoms with van der Waals surface area (Å²) in [4.78, 5) is 47.1. The quantitative estimate of drug-likeness (QED) is 0.169. The lowest BCUT2D eigenvalue weighted by Crippen LogP contribution is -2.36. The highest BCUT2D eigenvalue weighted by molar-refractivity contribution is 7.86. The molecule has 14 nitrogen and oxygen atoms in total. The van der Waals surface area contributed by atoms with Crippen LogP contribution in [0.25, 0.3) is 0 Å². The van der Waals surface area contributed by atoms with Crippen LogP contribution in [0.1, 0.15) is 39.5 Å².